The second-order valence-corrected chi connectivity index (χ2v) is 6.43. The van der Waals surface area contributed by atoms with Gasteiger partial charge < -0.3 is 25.4 Å². The third-order valence-corrected chi connectivity index (χ3v) is 4.55. The van der Waals surface area contributed by atoms with Gasteiger partial charge in [0.1, 0.15) is 6.61 Å². The van der Waals surface area contributed by atoms with Gasteiger partial charge in [0.15, 0.2) is 0 Å². The maximum Gasteiger partial charge on any atom is 0.340 e. The van der Waals surface area contributed by atoms with Crippen molar-refractivity contribution in [1.29, 1.82) is 0 Å². The van der Waals surface area contributed by atoms with Crippen LogP contribution in [0.25, 0.3) is 0 Å². The fourth-order valence-electron chi connectivity index (χ4n) is 3.17. The van der Waals surface area contributed by atoms with Gasteiger partial charge >= 0.3 is 18.0 Å². The Kier molecular flexibility index (Phi) is 6.69. The fraction of sp³-hybridized carbons (Fsp3) is 0.227. The van der Waals surface area contributed by atoms with Crippen molar-refractivity contribution < 1.29 is 23.9 Å². The topological polar surface area (TPSA) is 106 Å². The summed E-state index contributed by atoms with van der Waals surface area (Å²) in [7, 11) is 1.70. The summed E-state index contributed by atoms with van der Waals surface area (Å²) in [5, 5.41) is 8.23. The molecule has 0 radical (unpaired) electrons. The summed E-state index contributed by atoms with van der Waals surface area (Å²) in [5.74, 6) is -1.18. The molecule has 1 atom stereocenters. The van der Waals surface area contributed by atoms with Crippen LogP contribution in [0.3, 0.4) is 0 Å². The highest BCUT2D eigenvalue weighted by atomic mass is 16.5. The number of carbonyl (C=O) groups is 3. The number of urea groups is 1. The van der Waals surface area contributed by atoms with Gasteiger partial charge in [-0.2, -0.15) is 0 Å². The number of hydrogen-bond acceptors (Lipinski definition) is 6. The number of ether oxygens (including phenoxy) is 2. The van der Waals surface area contributed by atoms with Gasteiger partial charge in [0.2, 0.25) is 0 Å². The molecule has 0 aliphatic carbocycles. The molecule has 0 fully saturated rings. The van der Waals surface area contributed by atoms with Crippen molar-refractivity contribution >= 4 is 23.7 Å². The predicted molar refractivity (Wildman–Crippen MR) is 111 cm³/mol. The van der Waals surface area contributed by atoms with Crippen LogP contribution in [0.4, 0.5) is 10.5 Å². The number of hydrogen-bond donors (Lipinski definition) is 3. The number of esters is 2. The van der Waals surface area contributed by atoms with Crippen molar-refractivity contribution in [3.8, 4) is 0 Å². The normalized spacial score (nSPS) is 15.7. The Balaban J connectivity index is 1.92. The molecule has 2 amide bonds. The molecule has 1 aliphatic rings. The molecule has 3 rings (SSSR count). The lowest BCUT2D eigenvalue weighted by Crippen LogP contribution is -2.47. The van der Waals surface area contributed by atoms with E-state index in [0.717, 1.165) is 0 Å². The smallest absolute Gasteiger partial charge is 0.340 e. The Labute approximate surface area is 174 Å². The molecule has 1 aliphatic heterocycles. The van der Waals surface area contributed by atoms with E-state index in [0.29, 0.717) is 16.8 Å². The number of anilines is 1. The van der Waals surface area contributed by atoms with Crippen LogP contribution >= 0.6 is 0 Å². The van der Waals surface area contributed by atoms with E-state index in [1.807, 2.05) is 6.07 Å². The molecule has 1 heterocycles. The molecule has 2 aromatic carbocycles. The zero-order valence-corrected chi connectivity index (χ0v) is 16.7. The minimum absolute atomic E-state index is 0.167. The van der Waals surface area contributed by atoms with Gasteiger partial charge in [-0.15, -0.1) is 0 Å². The van der Waals surface area contributed by atoms with Gasteiger partial charge in [0.05, 0.1) is 29.5 Å². The average Bonchev–Trinajstić information content (AvgIpc) is 2.77. The third kappa shape index (κ3) is 4.60. The minimum atomic E-state index is -0.725. The first kappa shape index (κ1) is 20.9. The standard InChI is InChI=1S/C22H23N3O5/c1-3-29-21(27)18-17(13-30-20(26)15-11-7-8-12-16(15)23-2)24-22(28)25-19(18)14-9-5-4-6-10-14/h4-12,19,23H,3,13H2,1-2H3,(H2,24,25,28)/t19-/m0/s1. The quantitative estimate of drug-likeness (QED) is 0.608. The van der Waals surface area contributed by atoms with Crippen LogP contribution in [-0.2, 0) is 14.3 Å². The molecule has 2 aromatic rings. The number of amides is 2. The number of rotatable bonds is 7. The largest absolute Gasteiger partial charge is 0.463 e. The maximum atomic E-state index is 12.7. The Morgan fingerprint density at radius 3 is 2.40 bits per heavy atom. The first-order chi connectivity index (χ1) is 14.5. The monoisotopic (exact) mass is 409 g/mol. The van der Waals surface area contributed by atoms with E-state index in [-0.39, 0.29) is 24.5 Å². The second-order valence-electron chi connectivity index (χ2n) is 6.43. The van der Waals surface area contributed by atoms with E-state index >= 15 is 0 Å². The van der Waals surface area contributed by atoms with Crippen LogP contribution < -0.4 is 16.0 Å². The lowest BCUT2D eigenvalue weighted by molar-refractivity contribution is -0.139. The average molecular weight is 409 g/mol. The lowest BCUT2D eigenvalue weighted by atomic mass is 9.95. The minimum Gasteiger partial charge on any atom is -0.463 e. The maximum absolute atomic E-state index is 12.7. The zero-order valence-electron chi connectivity index (χ0n) is 16.7. The molecular weight excluding hydrogens is 386 g/mol. The summed E-state index contributed by atoms with van der Waals surface area (Å²) < 4.78 is 10.6. The molecule has 3 N–H and O–H groups in total. The Morgan fingerprint density at radius 1 is 1.00 bits per heavy atom. The van der Waals surface area contributed by atoms with Gasteiger partial charge in [-0.05, 0) is 24.6 Å². The van der Waals surface area contributed by atoms with Crippen molar-refractivity contribution in [2.24, 2.45) is 0 Å². The highest BCUT2D eigenvalue weighted by molar-refractivity contribution is 5.97. The van der Waals surface area contributed by atoms with Crippen molar-refractivity contribution in [2.75, 3.05) is 25.6 Å². The molecule has 30 heavy (non-hydrogen) atoms. The van der Waals surface area contributed by atoms with Gasteiger partial charge in [-0.1, -0.05) is 42.5 Å². The molecule has 0 bridgehead atoms. The first-order valence-corrected chi connectivity index (χ1v) is 9.51. The molecule has 0 saturated carbocycles. The molecule has 8 nitrogen and oxygen atoms in total. The van der Waals surface area contributed by atoms with Gasteiger partial charge in [0, 0.05) is 12.7 Å². The molecule has 156 valence electrons. The van der Waals surface area contributed by atoms with E-state index in [1.54, 1.807) is 62.5 Å². The molecule has 0 saturated heterocycles. The van der Waals surface area contributed by atoms with Crippen LogP contribution in [-0.4, -0.2) is 38.2 Å². The summed E-state index contributed by atoms with van der Waals surface area (Å²) in [6.07, 6.45) is 0. The molecule has 8 heteroatoms. The summed E-state index contributed by atoms with van der Waals surface area (Å²) in [5.41, 5.74) is 2.04. The summed E-state index contributed by atoms with van der Waals surface area (Å²) in [4.78, 5) is 37.5. The number of para-hydroxylation sites is 1. The van der Waals surface area contributed by atoms with Crippen LogP contribution in [0.2, 0.25) is 0 Å². The van der Waals surface area contributed by atoms with Crippen LogP contribution in [0.15, 0.2) is 65.9 Å². The van der Waals surface area contributed by atoms with E-state index in [4.69, 9.17) is 9.47 Å². The molecule has 0 aromatic heterocycles. The molecule has 0 spiro atoms. The van der Waals surface area contributed by atoms with Gasteiger partial charge in [0.25, 0.3) is 0 Å². The Hall–Kier alpha value is -3.81. The van der Waals surface area contributed by atoms with Crippen molar-refractivity contribution in [3.63, 3.8) is 0 Å². The van der Waals surface area contributed by atoms with E-state index in [9.17, 15) is 14.4 Å². The Morgan fingerprint density at radius 2 is 1.70 bits per heavy atom. The van der Waals surface area contributed by atoms with Crippen LogP contribution in [0.1, 0.15) is 28.9 Å². The SMILES string of the molecule is CCOC(=O)C1=C(COC(=O)c2ccccc2NC)NC(=O)N[C@H]1c1ccccc1. The van der Waals surface area contributed by atoms with Gasteiger partial charge in [-0.3, -0.25) is 0 Å². The highest BCUT2D eigenvalue weighted by Crippen LogP contribution is 2.28. The summed E-state index contributed by atoms with van der Waals surface area (Å²) in [6, 6.07) is 14.7. The van der Waals surface area contributed by atoms with Crippen molar-refractivity contribution in [1.82, 2.24) is 10.6 Å². The second kappa shape index (κ2) is 9.60. The Bertz CT molecular complexity index is 972. The first-order valence-electron chi connectivity index (χ1n) is 9.51. The van der Waals surface area contributed by atoms with Crippen molar-refractivity contribution in [3.05, 3.63) is 77.0 Å². The predicted octanol–water partition coefficient (Wildman–Crippen LogP) is 2.76. The third-order valence-electron chi connectivity index (χ3n) is 4.55. The van der Waals surface area contributed by atoms with E-state index in [1.165, 1.54) is 0 Å². The summed E-state index contributed by atoms with van der Waals surface area (Å²) in [6.45, 7) is 1.57. The number of benzene rings is 2. The number of carbonyl (C=O) groups excluding carboxylic acids is 3. The summed E-state index contributed by atoms with van der Waals surface area (Å²) >= 11 is 0. The van der Waals surface area contributed by atoms with E-state index < -0.39 is 24.0 Å². The van der Waals surface area contributed by atoms with Gasteiger partial charge in [-0.25, -0.2) is 14.4 Å². The van der Waals surface area contributed by atoms with Crippen LogP contribution in [0, 0.1) is 0 Å². The van der Waals surface area contributed by atoms with E-state index in [2.05, 4.69) is 16.0 Å². The zero-order chi connectivity index (χ0) is 21.5. The highest BCUT2D eigenvalue weighted by Gasteiger charge is 2.34. The van der Waals surface area contributed by atoms with Crippen molar-refractivity contribution in [2.45, 2.75) is 13.0 Å². The fourth-order valence-corrected chi connectivity index (χ4v) is 3.17. The molecular formula is C22H23N3O5. The molecule has 0 unspecified atom stereocenters. The van der Waals surface area contributed by atoms with Crippen LogP contribution in [0.5, 0.6) is 0 Å². The lowest BCUT2D eigenvalue weighted by Gasteiger charge is -2.29. The number of nitrogens with one attached hydrogen (secondary N) is 3.